The lowest BCUT2D eigenvalue weighted by Crippen LogP contribution is -1.79. The van der Waals surface area contributed by atoms with Crippen LogP contribution < -0.4 is 5.73 Å². The molecule has 0 amide bonds. The third-order valence-corrected chi connectivity index (χ3v) is 2.44. The predicted octanol–water partition coefficient (Wildman–Crippen LogP) is 2.39. The summed E-state index contributed by atoms with van der Waals surface area (Å²) in [6, 6.07) is 12.0. The number of nitrogens with zero attached hydrogens (tertiary/aromatic N) is 1. The van der Waals surface area contributed by atoms with Crippen LogP contribution >= 0.6 is 11.5 Å². The summed E-state index contributed by atoms with van der Waals surface area (Å²) < 4.78 is 4.01. The van der Waals surface area contributed by atoms with Crippen LogP contribution in [0, 0.1) is 0 Å². The van der Waals surface area contributed by atoms with Crippen LogP contribution in [0.15, 0.2) is 36.4 Å². The molecule has 0 aliphatic rings. The summed E-state index contributed by atoms with van der Waals surface area (Å²) in [5.41, 5.74) is 6.69. The molecule has 12 heavy (non-hydrogen) atoms. The van der Waals surface area contributed by atoms with Crippen molar-refractivity contribution in [3.63, 3.8) is 0 Å². The van der Waals surface area contributed by atoms with E-state index in [1.807, 2.05) is 36.4 Å². The molecule has 1 heterocycles. The molecule has 1 aromatic heterocycles. The number of nitrogen functional groups attached to an aromatic ring is 1. The van der Waals surface area contributed by atoms with Crippen molar-refractivity contribution in [1.29, 1.82) is 0 Å². The van der Waals surface area contributed by atoms with Crippen molar-refractivity contribution in [2.24, 2.45) is 0 Å². The largest absolute Gasteiger partial charge is 0.383 e. The lowest BCUT2D eigenvalue weighted by molar-refractivity contribution is 1.56. The van der Waals surface area contributed by atoms with Crippen molar-refractivity contribution < 1.29 is 0 Å². The molecular formula is C9H8N2S. The summed E-state index contributed by atoms with van der Waals surface area (Å²) in [5, 5.41) is 0. The van der Waals surface area contributed by atoms with Gasteiger partial charge in [-0.05, 0) is 17.1 Å². The fraction of sp³-hybridized carbons (Fsp3) is 0. The fourth-order valence-corrected chi connectivity index (χ4v) is 1.70. The van der Waals surface area contributed by atoms with Crippen molar-refractivity contribution in [1.82, 2.24) is 4.37 Å². The highest BCUT2D eigenvalue weighted by atomic mass is 32.1. The average Bonchev–Trinajstić information content (AvgIpc) is 2.54. The highest BCUT2D eigenvalue weighted by Gasteiger charge is 1.99. The topological polar surface area (TPSA) is 38.9 Å². The van der Waals surface area contributed by atoms with Gasteiger partial charge in [-0.1, -0.05) is 30.3 Å². The molecule has 60 valence electrons. The molecule has 1 aromatic carbocycles. The van der Waals surface area contributed by atoms with Gasteiger partial charge >= 0.3 is 0 Å². The van der Waals surface area contributed by atoms with Gasteiger partial charge in [0.15, 0.2) is 0 Å². The molecule has 0 saturated carbocycles. The molecule has 0 fully saturated rings. The van der Waals surface area contributed by atoms with Crippen LogP contribution in [0.25, 0.3) is 10.4 Å². The minimum atomic E-state index is 0.596. The minimum Gasteiger partial charge on any atom is -0.383 e. The van der Waals surface area contributed by atoms with E-state index in [1.54, 1.807) is 0 Å². The first-order valence-electron chi connectivity index (χ1n) is 3.64. The van der Waals surface area contributed by atoms with E-state index < -0.39 is 0 Å². The molecule has 0 bridgehead atoms. The zero-order valence-electron chi connectivity index (χ0n) is 6.40. The molecule has 0 spiro atoms. The third kappa shape index (κ3) is 1.31. The van der Waals surface area contributed by atoms with Crippen LogP contribution in [-0.4, -0.2) is 4.37 Å². The number of aromatic nitrogens is 1. The Morgan fingerprint density at radius 1 is 1.17 bits per heavy atom. The standard InChI is InChI=1S/C9H8N2S/c10-9-6-8(12-11-9)7-4-2-1-3-5-7/h1-6H,(H2,10,11). The van der Waals surface area contributed by atoms with Gasteiger partial charge in [0.1, 0.15) is 5.82 Å². The molecule has 0 saturated heterocycles. The van der Waals surface area contributed by atoms with E-state index in [-0.39, 0.29) is 0 Å². The summed E-state index contributed by atoms with van der Waals surface area (Å²) >= 11 is 1.43. The van der Waals surface area contributed by atoms with E-state index in [0.29, 0.717) is 5.82 Å². The van der Waals surface area contributed by atoms with Crippen molar-refractivity contribution in [3.05, 3.63) is 36.4 Å². The van der Waals surface area contributed by atoms with Crippen molar-refractivity contribution >= 4 is 17.4 Å². The Labute approximate surface area is 74.8 Å². The Morgan fingerprint density at radius 2 is 1.92 bits per heavy atom. The summed E-state index contributed by atoms with van der Waals surface area (Å²) in [6.07, 6.45) is 0. The zero-order valence-corrected chi connectivity index (χ0v) is 7.21. The quantitative estimate of drug-likeness (QED) is 0.724. The number of benzene rings is 1. The van der Waals surface area contributed by atoms with Crippen molar-refractivity contribution in [2.75, 3.05) is 5.73 Å². The molecule has 0 aliphatic heterocycles. The normalized spacial score (nSPS) is 10.0. The average molecular weight is 176 g/mol. The highest BCUT2D eigenvalue weighted by molar-refractivity contribution is 7.09. The van der Waals surface area contributed by atoms with Crippen LogP contribution in [0.2, 0.25) is 0 Å². The zero-order chi connectivity index (χ0) is 8.39. The first-order chi connectivity index (χ1) is 5.86. The maximum Gasteiger partial charge on any atom is 0.137 e. The Kier molecular flexibility index (Phi) is 1.80. The number of anilines is 1. The van der Waals surface area contributed by atoms with E-state index in [2.05, 4.69) is 4.37 Å². The fourth-order valence-electron chi connectivity index (χ4n) is 1.03. The molecule has 2 rings (SSSR count). The number of hydrogen-bond donors (Lipinski definition) is 1. The maximum absolute atomic E-state index is 5.52. The summed E-state index contributed by atoms with van der Waals surface area (Å²) in [7, 11) is 0. The molecule has 0 aliphatic carbocycles. The predicted molar refractivity (Wildman–Crippen MR) is 52.0 cm³/mol. The van der Waals surface area contributed by atoms with E-state index in [9.17, 15) is 0 Å². The van der Waals surface area contributed by atoms with Crippen LogP contribution in [0.4, 0.5) is 5.82 Å². The third-order valence-electron chi connectivity index (χ3n) is 1.59. The lowest BCUT2D eigenvalue weighted by atomic mass is 10.2. The van der Waals surface area contributed by atoms with Crippen LogP contribution in [0.5, 0.6) is 0 Å². The Morgan fingerprint density at radius 3 is 2.50 bits per heavy atom. The molecule has 0 unspecified atom stereocenters. The SMILES string of the molecule is Nc1cc(-c2ccccc2)sn1. The second kappa shape index (κ2) is 2.95. The molecule has 0 radical (unpaired) electrons. The van der Waals surface area contributed by atoms with Crippen molar-refractivity contribution in [2.45, 2.75) is 0 Å². The maximum atomic E-state index is 5.52. The van der Waals surface area contributed by atoms with Gasteiger partial charge in [0.05, 0.1) is 4.88 Å². The summed E-state index contributed by atoms with van der Waals surface area (Å²) in [5.74, 6) is 0.596. The summed E-state index contributed by atoms with van der Waals surface area (Å²) in [6.45, 7) is 0. The second-order valence-electron chi connectivity index (χ2n) is 2.48. The Balaban J connectivity index is 2.45. The minimum absolute atomic E-state index is 0.596. The molecule has 3 heteroatoms. The van der Waals surface area contributed by atoms with E-state index in [0.717, 1.165) is 4.88 Å². The van der Waals surface area contributed by atoms with Gasteiger partial charge in [-0.3, -0.25) is 0 Å². The Hall–Kier alpha value is -1.35. The van der Waals surface area contributed by atoms with Gasteiger partial charge < -0.3 is 5.73 Å². The van der Waals surface area contributed by atoms with Gasteiger partial charge in [-0.15, -0.1) is 0 Å². The smallest absolute Gasteiger partial charge is 0.137 e. The molecule has 0 atom stereocenters. The second-order valence-corrected chi connectivity index (χ2v) is 3.29. The highest BCUT2D eigenvalue weighted by Crippen LogP contribution is 2.24. The van der Waals surface area contributed by atoms with Gasteiger partial charge in [0.2, 0.25) is 0 Å². The van der Waals surface area contributed by atoms with Gasteiger partial charge in [0.25, 0.3) is 0 Å². The van der Waals surface area contributed by atoms with Crippen LogP contribution in [0.1, 0.15) is 0 Å². The van der Waals surface area contributed by atoms with Crippen LogP contribution in [0.3, 0.4) is 0 Å². The molecule has 2 N–H and O–H groups in total. The first kappa shape index (κ1) is 7.31. The van der Waals surface area contributed by atoms with Crippen molar-refractivity contribution in [3.8, 4) is 10.4 Å². The first-order valence-corrected chi connectivity index (χ1v) is 4.41. The molecule has 2 aromatic rings. The van der Waals surface area contributed by atoms with Gasteiger partial charge in [-0.2, -0.15) is 4.37 Å². The van der Waals surface area contributed by atoms with E-state index in [4.69, 9.17) is 5.73 Å². The summed E-state index contributed by atoms with van der Waals surface area (Å²) in [4.78, 5) is 1.12. The van der Waals surface area contributed by atoms with Crippen LogP contribution in [-0.2, 0) is 0 Å². The Bertz CT molecular complexity index is 367. The van der Waals surface area contributed by atoms with Gasteiger partial charge in [-0.25, -0.2) is 0 Å². The number of rotatable bonds is 1. The molecule has 2 nitrogen and oxygen atoms in total. The van der Waals surface area contributed by atoms with E-state index in [1.165, 1.54) is 17.1 Å². The molecular weight excluding hydrogens is 168 g/mol. The van der Waals surface area contributed by atoms with Gasteiger partial charge in [0, 0.05) is 6.07 Å². The number of nitrogens with two attached hydrogens (primary N) is 1. The monoisotopic (exact) mass is 176 g/mol. The van der Waals surface area contributed by atoms with E-state index >= 15 is 0 Å². The lowest BCUT2D eigenvalue weighted by Gasteiger charge is -1.92. The number of hydrogen-bond acceptors (Lipinski definition) is 3.